The van der Waals surface area contributed by atoms with Gasteiger partial charge in [-0.05, 0) is 38.5 Å². The normalized spacial score (nSPS) is 25.9. The predicted octanol–water partition coefficient (Wildman–Crippen LogP) is 1.06. The van der Waals surface area contributed by atoms with Crippen molar-refractivity contribution in [2.45, 2.75) is 45.6 Å². The zero-order chi connectivity index (χ0) is 14.3. The van der Waals surface area contributed by atoms with Gasteiger partial charge in [0, 0.05) is 19.6 Å². The van der Waals surface area contributed by atoms with E-state index in [1.807, 2.05) is 4.90 Å². The standard InChI is InChI=1S/C13H24N2O3S/c1-4-19(17,18)14(3)9-12(16)15-10-13(6-5-7-13)8-11(15)2/h11H,4-10H2,1-3H3. The number of sulfonamides is 1. The number of rotatable bonds is 4. The zero-order valence-electron chi connectivity index (χ0n) is 12.1. The van der Waals surface area contributed by atoms with Crippen molar-refractivity contribution in [2.24, 2.45) is 5.41 Å². The van der Waals surface area contributed by atoms with Crippen molar-refractivity contribution in [3.8, 4) is 0 Å². The monoisotopic (exact) mass is 288 g/mol. The summed E-state index contributed by atoms with van der Waals surface area (Å²) in [5, 5.41) is 0. The lowest BCUT2D eigenvalue weighted by atomic mass is 9.68. The minimum Gasteiger partial charge on any atom is -0.338 e. The van der Waals surface area contributed by atoms with E-state index in [1.54, 1.807) is 6.92 Å². The Morgan fingerprint density at radius 1 is 1.42 bits per heavy atom. The molecular formula is C13H24N2O3S. The molecule has 2 aliphatic rings. The Bertz CT molecular complexity index is 457. The Balaban J connectivity index is 1.97. The summed E-state index contributed by atoms with van der Waals surface area (Å²) in [6, 6.07) is 0.241. The van der Waals surface area contributed by atoms with Gasteiger partial charge in [0.05, 0.1) is 12.3 Å². The topological polar surface area (TPSA) is 57.7 Å². The Labute approximate surface area is 116 Å². The largest absolute Gasteiger partial charge is 0.338 e. The molecule has 1 spiro atoms. The van der Waals surface area contributed by atoms with Gasteiger partial charge in [0.25, 0.3) is 0 Å². The molecule has 0 radical (unpaired) electrons. The average Bonchev–Trinajstić information content (AvgIpc) is 2.67. The van der Waals surface area contributed by atoms with Crippen LogP contribution in [0.25, 0.3) is 0 Å². The molecule has 0 aromatic rings. The van der Waals surface area contributed by atoms with Crippen LogP contribution in [0, 0.1) is 5.41 Å². The van der Waals surface area contributed by atoms with Gasteiger partial charge < -0.3 is 4.90 Å². The number of hydrogen-bond acceptors (Lipinski definition) is 3. The van der Waals surface area contributed by atoms with Gasteiger partial charge >= 0.3 is 0 Å². The second-order valence-corrected chi connectivity index (χ2v) is 8.45. The number of carbonyl (C=O) groups is 1. The maximum Gasteiger partial charge on any atom is 0.238 e. The molecule has 1 aliphatic carbocycles. The summed E-state index contributed by atoms with van der Waals surface area (Å²) >= 11 is 0. The van der Waals surface area contributed by atoms with Gasteiger partial charge in [-0.3, -0.25) is 4.79 Å². The molecule has 19 heavy (non-hydrogen) atoms. The van der Waals surface area contributed by atoms with Gasteiger partial charge in [0.2, 0.25) is 15.9 Å². The molecule has 0 aromatic carbocycles. The third-order valence-corrected chi connectivity index (χ3v) is 6.51. The lowest BCUT2D eigenvalue weighted by Crippen LogP contribution is -2.44. The maximum absolute atomic E-state index is 12.3. The number of carbonyl (C=O) groups excluding carboxylic acids is 1. The molecule has 0 aromatic heterocycles. The second-order valence-electron chi connectivity index (χ2n) is 6.08. The quantitative estimate of drug-likeness (QED) is 0.777. The summed E-state index contributed by atoms with van der Waals surface area (Å²) in [7, 11) is -1.79. The molecule has 1 aliphatic heterocycles. The van der Waals surface area contributed by atoms with Crippen LogP contribution >= 0.6 is 0 Å². The van der Waals surface area contributed by atoms with Crippen molar-refractivity contribution in [3.63, 3.8) is 0 Å². The first kappa shape index (κ1) is 14.8. The summed E-state index contributed by atoms with van der Waals surface area (Å²) in [4.78, 5) is 14.2. The smallest absolute Gasteiger partial charge is 0.238 e. The molecule has 2 rings (SSSR count). The molecule has 1 unspecified atom stereocenters. The Morgan fingerprint density at radius 3 is 2.47 bits per heavy atom. The van der Waals surface area contributed by atoms with E-state index in [0.29, 0.717) is 5.41 Å². The second kappa shape index (κ2) is 5.05. The van der Waals surface area contributed by atoms with E-state index in [1.165, 1.54) is 30.6 Å². The van der Waals surface area contributed by atoms with Crippen LogP contribution in [0.3, 0.4) is 0 Å². The number of likely N-dealkylation sites (tertiary alicyclic amines) is 1. The van der Waals surface area contributed by atoms with Gasteiger partial charge in [-0.15, -0.1) is 0 Å². The molecule has 1 atom stereocenters. The number of likely N-dealkylation sites (N-methyl/N-ethyl adjacent to an activating group) is 1. The van der Waals surface area contributed by atoms with Crippen molar-refractivity contribution in [1.29, 1.82) is 0 Å². The summed E-state index contributed by atoms with van der Waals surface area (Å²) < 4.78 is 24.5. The molecule has 0 N–H and O–H groups in total. The van der Waals surface area contributed by atoms with Crippen molar-refractivity contribution in [2.75, 3.05) is 25.9 Å². The van der Waals surface area contributed by atoms with E-state index >= 15 is 0 Å². The lowest BCUT2D eigenvalue weighted by Gasteiger charge is -2.38. The number of nitrogens with zero attached hydrogens (tertiary/aromatic N) is 2. The minimum atomic E-state index is -3.27. The van der Waals surface area contributed by atoms with Crippen molar-refractivity contribution in [3.05, 3.63) is 0 Å². The summed E-state index contributed by atoms with van der Waals surface area (Å²) in [5.74, 6) is -0.0215. The maximum atomic E-state index is 12.3. The van der Waals surface area contributed by atoms with Crippen molar-refractivity contribution >= 4 is 15.9 Å². The van der Waals surface area contributed by atoms with Crippen LogP contribution in [0.2, 0.25) is 0 Å². The summed E-state index contributed by atoms with van der Waals surface area (Å²) in [6.07, 6.45) is 4.76. The first-order valence-corrected chi connectivity index (χ1v) is 8.64. The highest BCUT2D eigenvalue weighted by Crippen LogP contribution is 2.50. The van der Waals surface area contributed by atoms with Crippen molar-refractivity contribution in [1.82, 2.24) is 9.21 Å². The lowest BCUT2D eigenvalue weighted by molar-refractivity contribution is -0.132. The van der Waals surface area contributed by atoms with Gasteiger partial charge in [-0.2, -0.15) is 4.31 Å². The molecule has 6 heteroatoms. The Morgan fingerprint density at radius 2 is 2.05 bits per heavy atom. The predicted molar refractivity (Wildman–Crippen MR) is 74.2 cm³/mol. The van der Waals surface area contributed by atoms with E-state index < -0.39 is 10.0 Å². The van der Waals surface area contributed by atoms with Crippen LogP contribution in [0.4, 0.5) is 0 Å². The van der Waals surface area contributed by atoms with Gasteiger partial charge in [-0.25, -0.2) is 8.42 Å². The van der Waals surface area contributed by atoms with Crippen LogP contribution < -0.4 is 0 Å². The molecular weight excluding hydrogens is 264 g/mol. The average molecular weight is 288 g/mol. The van der Waals surface area contributed by atoms with E-state index in [0.717, 1.165) is 13.0 Å². The zero-order valence-corrected chi connectivity index (χ0v) is 12.9. The van der Waals surface area contributed by atoms with E-state index in [4.69, 9.17) is 0 Å². The fourth-order valence-electron chi connectivity index (χ4n) is 3.29. The molecule has 110 valence electrons. The van der Waals surface area contributed by atoms with E-state index in [9.17, 15) is 13.2 Å². The minimum absolute atomic E-state index is 0.0312. The third-order valence-electron chi connectivity index (χ3n) is 4.70. The van der Waals surface area contributed by atoms with Crippen LogP contribution in [0.1, 0.15) is 39.5 Å². The first-order chi connectivity index (χ1) is 8.80. The van der Waals surface area contributed by atoms with E-state index in [-0.39, 0.29) is 24.2 Å². The number of hydrogen-bond donors (Lipinski definition) is 0. The summed E-state index contributed by atoms with van der Waals surface area (Å²) in [5.41, 5.74) is 0.345. The third kappa shape index (κ3) is 2.79. The molecule has 0 bridgehead atoms. The molecule has 1 amide bonds. The van der Waals surface area contributed by atoms with Crippen LogP contribution in [0.5, 0.6) is 0 Å². The molecule has 1 saturated heterocycles. The molecule has 5 nitrogen and oxygen atoms in total. The molecule has 2 fully saturated rings. The van der Waals surface area contributed by atoms with Crippen LogP contribution in [-0.2, 0) is 14.8 Å². The highest BCUT2D eigenvalue weighted by molar-refractivity contribution is 7.89. The Kier molecular flexibility index (Phi) is 3.93. The van der Waals surface area contributed by atoms with Gasteiger partial charge in [-0.1, -0.05) is 6.42 Å². The van der Waals surface area contributed by atoms with E-state index in [2.05, 4.69) is 6.92 Å². The fraction of sp³-hybridized carbons (Fsp3) is 0.923. The highest BCUT2D eigenvalue weighted by Gasteiger charge is 2.47. The van der Waals surface area contributed by atoms with Crippen LogP contribution in [0.15, 0.2) is 0 Å². The highest BCUT2D eigenvalue weighted by atomic mass is 32.2. The molecule has 1 saturated carbocycles. The number of amides is 1. The fourth-order valence-corrected chi connectivity index (χ4v) is 4.04. The van der Waals surface area contributed by atoms with Crippen molar-refractivity contribution < 1.29 is 13.2 Å². The summed E-state index contributed by atoms with van der Waals surface area (Å²) in [6.45, 7) is 4.45. The molecule has 1 heterocycles. The first-order valence-electron chi connectivity index (χ1n) is 7.03. The SMILES string of the molecule is CCS(=O)(=O)N(C)CC(=O)N1CC2(CCC2)CC1C. The van der Waals surface area contributed by atoms with Crippen LogP contribution in [-0.4, -0.2) is 55.5 Å². The van der Waals surface area contributed by atoms with Gasteiger partial charge in [0.1, 0.15) is 0 Å². The Hall–Kier alpha value is -0.620. The van der Waals surface area contributed by atoms with Gasteiger partial charge in [0.15, 0.2) is 0 Å².